The molecule has 0 aromatic heterocycles. The van der Waals surface area contributed by atoms with Gasteiger partial charge in [-0.15, -0.1) is 0 Å². The van der Waals surface area contributed by atoms with Crippen molar-refractivity contribution in [2.24, 2.45) is 9.98 Å². The van der Waals surface area contributed by atoms with E-state index in [1.807, 2.05) is 30.3 Å². The minimum Gasteiger partial charge on any atom is -0.211 e. The Hall–Kier alpha value is -2.02. The van der Waals surface area contributed by atoms with Crippen LogP contribution in [0, 0.1) is 0 Å². The Balaban J connectivity index is 2.71. The zero-order valence-electron chi connectivity index (χ0n) is 14.0. The van der Waals surface area contributed by atoms with Crippen molar-refractivity contribution >= 4 is 12.2 Å². The molecule has 4 nitrogen and oxygen atoms in total. The molecule has 1 aromatic carbocycles. The smallest absolute Gasteiger partial charge is 0.211 e. The quantitative estimate of drug-likeness (QED) is 0.319. The van der Waals surface area contributed by atoms with Crippen molar-refractivity contribution in [3.63, 3.8) is 0 Å². The van der Waals surface area contributed by atoms with Gasteiger partial charge in [-0.25, -0.2) is 14.6 Å². The van der Waals surface area contributed by atoms with Gasteiger partial charge in [-0.3, -0.25) is 0 Å². The lowest BCUT2D eigenvalue weighted by molar-refractivity contribution is 0.394. The summed E-state index contributed by atoms with van der Waals surface area (Å²) in [5, 5.41) is 0. The molecule has 0 aliphatic heterocycles. The molecule has 0 amide bonds. The van der Waals surface area contributed by atoms with Crippen molar-refractivity contribution in [2.45, 2.75) is 63.8 Å². The van der Waals surface area contributed by atoms with Gasteiger partial charge in [0, 0.05) is 0 Å². The van der Waals surface area contributed by atoms with E-state index in [-0.39, 0.29) is 6.54 Å². The summed E-state index contributed by atoms with van der Waals surface area (Å²) in [5.41, 5.74) is 0.109. The second kappa shape index (κ2) is 11.5. The Morgan fingerprint density at radius 1 is 0.913 bits per heavy atom. The summed E-state index contributed by atoms with van der Waals surface area (Å²) in [5.74, 6) is 0. The van der Waals surface area contributed by atoms with Gasteiger partial charge in [-0.1, -0.05) is 82.2 Å². The number of carbonyl (C=O) groups excluding carboxylic acids is 2. The minimum absolute atomic E-state index is 0.144. The minimum atomic E-state index is -0.788. The number of rotatable bonds is 12. The number of hydrogen-bond acceptors (Lipinski definition) is 4. The Kier molecular flexibility index (Phi) is 9.54. The normalized spacial score (nSPS) is 12.7. The van der Waals surface area contributed by atoms with Crippen molar-refractivity contribution in [3.05, 3.63) is 35.9 Å². The maximum Gasteiger partial charge on any atom is 0.235 e. The van der Waals surface area contributed by atoms with Gasteiger partial charge < -0.3 is 0 Å². The van der Waals surface area contributed by atoms with Crippen LogP contribution in [0.3, 0.4) is 0 Å². The summed E-state index contributed by atoms with van der Waals surface area (Å²) in [4.78, 5) is 29.2. The molecule has 0 spiro atoms. The van der Waals surface area contributed by atoms with Crippen LogP contribution in [0.25, 0.3) is 0 Å². The Labute approximate surface area is 138 Å². The number of unbranched alkanes of at least 4 members (excludes halogenated alkanes) is 6. The fraction of sp³-hybridized carbons (Fsp3) is 0.579. The Bertz CT molecular complexity index is 532. The summed E-state index contributed by atoms with van der Waals surface area (Å²) < 4.78 is 0. The van der Waals surface area contributed by atoms with Crippen LogP contribution in [-0.2, 0) is 15.1 Å². The second-order valence-electron chi connectivity index (χ2n) is 5.88. The van der Waals surface area contributed by atoms with Gasteiger partial charge in [-0.2, -0.15) is 4.99 Å². The number of nitrogens with zero attached hydrogens (tertiary/aromatic N) is 2. The first-order valence-electron chi connectivity index (χ1n) is 8.47. The van der Waals surface area contributed by atoms with Crippen LogP contribution in [0.4, 0.5) is 0 Å². The zero-order valence-corrected chi connectivity index (χ0v) is 14.0. The molecular weight excluding hydrogens is 288 g/mol. The van der Waals surface area contributed by atoms with E-state index in [0.29, 0.717) is 6.42 Å². The van der Waals surface area contributed by atoms with Gasteiger partial charge in [-0.05, 0) is 12.0 Å². The summed E-state index contributed by atoms with van der Waals surface area (Å²) >= 11 is 0. The van der Waals surface area contributed by atoms with E-state index in [2.05, 4.69) is 16.9 Å². The van der Waals surface area contributed by atoms with E-state index >= 15 is 0 Å². The highest BCUT2D eigenvalue weighted by atomic mass is 16.1. The van der Waals surface area contributed by atoms with Crippen LogP contribution < -0.4 is 0 Å². The van der Waals surface area contributed by atoms with Crippen molar-refractivity contribution in [1.29, 1.82) is 0 Å². The standard InChI is InChI=1S/C19H26N2O2/c1-2-3-4-5-6-7-11-14-19(21-17-23,15-20-16-22)18-12-9-8-10-13-18/h8-10,12-13H,2-7,11,14-15H2,1H3. The van der Waals surface area contributed by atoms with Crippen molar-refractivity contribution in [3.8, 4) is 0 Å². The third-order valence-corrected chi connectivity index (χ3v) is 4.17. The Morgan fingerprint density at radius 3 is 2.17 bits per heavy atom. The van der Waals surface area contributed by atoms with Gasteiger partial charge in [0.15, 0.2) is 0 Å². The van der Waals surface area contributed by atoms with Gasteiger partial charge in [0.25, 0.3) is 0 Å². The van der Waals surface area contributed by atoms with Crippen molar-refractivity contribution < 1.29 is 9.59 Å². The van der Waals surface area contributed by atoms with Crippen LogP contribution in [0.15, 0.2) is 40.3 Å². The van der Waals surface area contributed by atoms with Crippen LogP contribution in [0.1, 0.15) is 63.9 Å². The topological polar surface area (TPSA) is 58.9 Å². The van der Waals surface area contributed by atoms with E-state index in [4.69, 9.17) is 0 Å². The number of hydrogen-bond donors (Lipinski definition) is 0. The maximum absolute atomic E-state index is 10.9. The van der Waals surface area contributed by atoms with E-state index in [0.717, 1.165) is 18.4 Å². The molecule has 0 fully saturated rings. The molecule has 1 rings (SSSR count). The number of isocyanates is 2. The molecule has 0 saturated carbocycles. The maximum atomic E-state index is 10.9. The van der Waals surface area contributed by atoms with Crippen LogP contribution in [0.5, 0.6) is 0 Å². The highest BCUT2D eigenvalue weighted by Gasteiger charge is 2.31. The van der Waals surface area contributed by atoms with Crippen molar-refractivity contribution in [2.75, 3.05) is 6.54 Å². The lowest BCUT2D eigenvalue weighted by Crippen LogP contribution is -2.27. The molecule has 124 valence electrons. The molecule has 0 aliphatic carbocycles. The molecule has 0 saturated heterocycles. The molecule has 0 radical (unpaired) electrons. The Morgan fingerprint density at radius 2 is 1.57 bits per heavy atom. The molecule has 1 atom stereocenters. The first-order valence-corrected chi connectivity index (χ1v) is 8.47. The highest BCUT2D eigenvalue weighted by Crippen LogP contribution is 2.32. The summed E-state index contributed by atoms with van der Waals surface area (Å²) in [6, 6.07) is 9.56. The average molecular weight is 314 g/mol. The highest BCUT2D eigenvalue weighted by molar-refractivity contribution is 5.40. The van der Waals surface area contributed by atoms with Crippen LogP contribution in [-0.4, -0.2) is 18.7 Å². The molecule has 0 bridgehead atoms. The zero-order chi connectivity index (χ0) is 16.8. The van der Waals surface area contributed by atoms with Gasteiger partial charge in [0.2, 0.25) is 12.2 Å². The second-order valence-corrected chi connectivity index (χ2v) is 5.88. The third kappa shape index (κ3) is 6.73. The van der Waals surface area contributed by atoms with Gasteiger partial charge in [0.1, 0.15) is 5.54 Å². The number of benzene rings is 1. The monoisotopic (exact) mass is 314 g/mol. The molecular formula is C19H26N2O2. The van der Waals surface area contributed by atoms with E-state index in [1.54, 1.807) is 12.2 Å². The molecule has 0 aliphatic rings. The van der Waals surface area contributed by atoms with Gasteiger partial charge >= 0.3 is 0 Å². The fourth-order valence-electron chi connectivity index (χ4n) is 2.84. The lowest BCUT2D eigenvalue weighted by atomic mass is 9.85. The lowest BCUT2D eigenvalue weighted by Gasteiger charge is -2.26. The molecule has 1 aromatic rings. The largest absolute Gasteiger partial charge is 0.235 e. The summed E-state index contributed by atoms with van der Waals surface area (Å²) in [7, 11) is 0. The SMILES string of the molecule is CCCCCCCCCC(CN=C=O)(N=C=O)c1ccccc1. The molecule has 1 unspecified atom stereocenters. The molecule has 0 heterocycles. The first kappa shape index (κ1) is 19.0. The summed E-state index contributed by atoms with van der Waals surface area (Å²) in [6.45, 7) is 2.35. The molecule has 4 heteroatoms. The van der Waals surface area contributed by atoms with Crippen LogP contribution in [0.2, 0.25) is 0 Å². The van der Waals surface area contributed by atoms with Crippen LogP contribution >= 0.6 is 0 Å². The number of aliphatic imine (C=N–C) groups is 2. The molecule has 0 N–H and O–H groups in total. The molecule has 23 heavy (non-hydrogen) atoms. The third-order valence-electron chi connectivity index (χ3n) is 4.17. The van der Waals surface area contributed by atoms with E-state index in [9.17, 15) is 9.59 Å². The summed E-state index contributed by atoms with van der Waals surface area (Å²) in [6.07, 6.45) is 12.2. The van der Waals surface area contributed by atoms with E-state index < -0.39 is 5.54 Å². The predicted molar refractivity (Wildman–Crippen MR) is 91.8 cm³/mol. The van der Waals surface area contributed by atoms with E-state index in [1.165, 1.54) is 32.1 Å². The fourth-order valence-corrected chi connectivity index (χ4v) is 2.84. The van der Waals surface area contributed by atoms with Crippen molar-refractivity contribution in [1.82, 2.24) is 0 Å². The van der Waals surface area contributed by atoms with Gasteiger partial charge in [0.05, 0.1) is 6.54 Å². The predicted octanol–water partition coefficient (Wildman–Crippen LogP) is 4.69. The first-order chi connectivity index (χ1) is 11.3. The average Bonchev–Trinajstić information content (AvgIpc) is 2.59.